The largest absolute Gasteiger partial charge is 0.432 e. The fourth-order valence-electron chi connectivity index (χ4n) is 1.89. The summed E-state index contributed by atoms with van der Waals surface area (Å²) in [5.74, 6) is 0.353. The van der Waals surface area contributed by atoms with Gasteiger partial charge in [-0.3, -0.25) is 4.79 Å². The van der Waals surface area contributed by atoms with E-state index in [0.29, 0.717) is 5.76 Å². The van der Waals surface area contributed by atoms with Crippen LogP contribution < -0.4 is 0 Å². The van der Waals surface area contributed by atoms with E-state index in [0.717, 1.165) is 12.8 Å². The zero-order valence-electron chi connectivity index (χ0n) is 11.6. The molecule has 0 heterocycles. The summed E-state index contributed by atoms with van der Waals surface area (Å²) >= 11 is 0. The van der Waals surface area contributed by atoms with Crippen LogP contribution in [0.1, 0.15) is 78.1 Å². The molecule has 0 bridgehead atoms. The summed E-state index contributed by atoms with van der Waals surface area (Å²) in [7, 11) is 0. The highest BCUT2D eigenvalue weighted by Gasteiger charge is 1.99. The first-order chi connectivity index (χ1) is 8.16. The minimum atomic E-state index is -0.258. The van der Waals surface area contributed by atoms with Crippen LogP contribution in [0.15, 0.2) is 12.3 Å². The van der Waals surface area contributed by atoms with Crippen LogP contribution in [0.3, 0.4) is 0 Å². The van der Waals surface area contributed by atoms with E-state index < -0.39 is 0 Å². The third-order valence-electron chi connectivity index (χ3n) is 2.85. The van der Waals surface area contributed by atoms with Crippen molar-refractivity contribution in [1.82, 2.24) is 0 Å². The van der Waals surface area contributed by atoms with E-state index in [1.54, 1.807) is 0 Å². The lowest BCUT2D eigenvalue weighted by Crippen LogP contribution is -1.97. The summed E-state index contributed by atoms with van der Waals surface area (Å²) < 4.78 is 4.89. The maximum atomic E-state index is 10.6. The molecule has 0 aromatic rings. The standard InChI is InChI=1S/C15H28O2/c1-4-5-6-7-8-9-10-11-12-13-14(2)17-15(3)16/h2,4-13H2,1,3H3. The second-order valence-corrected chi connectivity index (χ2v) is 4.71. The van der Waals surface area contributed by atoms with Gasteiger partial charge in [-0.05, 0) is 6.42 Å². The molecule has 0 saturated heterocycles. The molecule has 0 N–H and O–H groups in total. The van der Waals surface area contributed by atoms with Gasteiger partial charge in [-0.15, -0.1) is 0 Å². The predicted molar refractivity (Wildman–Crippen MR) is 72.8 cm³/mol. The first-order valence-electron chi connectivity index (χ1n) is 7.03. The molecule has 0 aromatic heterocycles. The fraction of sp³-hybridized carbons (Fsp3) is 0.800. The third-order valence-corrected chi connectivity index (χ3v) is 2.85. The monoisotopic (exact) mass is 240 g/mol. The molecular weight excluding hydrogens is 212 g/mol. The van der Waals surface area contributed by atoms with Crippen molar-refractivity contribution in [3.05, 3.63) is 12.3 Å². The molecule has 0 atom stereocenters. The van der Waals surface area contributed by atoms with E-state index in [1.807, 2.05) is 0 Å². The van der Waals surface area contributed by atoms with E-state index in [4.69, 9.17) is 4.74 Å². The van der Waals surface area contributed by atoms with Crippen LogP contribution in [0.2, 0.25) is 0 Å². The number of carbonyl (C=O) groups is 1. The van der Waals surface area contributed by atoms with Gasteiger partial charge in [0.1, 0.15) is 5.76 Å². The summed E-state index contributed by atoms with van der Waals surface area (Å²) in [4.78, 5) is 10.6. The molecule has 0 rings (SSSR count). The van der Waals surface area contributed by atoms with Gasteiger partial charge in [0.25, 0.3) is 0 Å². The van der Waals surface area contributed by atoms with Crippen LogP contribution in [0.5, 0.6) is 0 Å². The summed E-state index contributed by atoms with van der Waals surface area (Å²) in [6.45, 7) is 7.38. The SMILES string of the molecule is C=C(CCCCCCCCCCC)OC(C)=O. The van der Waals surface area contributed by atoms with Gasteiger partial charge in [-0.1, -0.05) is 64.9 Å². The molecule has 17 heavy (non-hydrogen) atoms. The van der Waals surface area contributed by atoms with Gasteiger partial charge >= 0.3 is 5.97 Å². The Kier molecular flexibility index (Phi) is 11.1. The molecule has 2 heteroatoms. The zero-order chi connectivity index (χ0) is 12.9. The van der Waals surface area contributed by atoms with Gasteiger partial charge < -0.3 is 4.74 Å². The van der Waals surface area contributed by atoms with Crippen molar-refractivity contribution in [3.63, 3.8) is 0 Å². The molecule has 0 aliphatic heterocycles. The highest BCUT2D eigenvalue weighted by molar-refractivity contribution is 5.67. The summed E-state index contributed by atoms with van der Waals surface area (Å²) in [5.41, 5.74) is 0. The minimum Gasteiger partial charge on any atom is -0.432 e. The number of carbonyl (C=O) groups excluding carboxylic acids is 1. The second kappa shape index (κ2) is 11.7. The third kappa shape index (κ3) is 13.1. The van der Waals surface area contributed by atoms with Crippen molar-refractivity contribution in [2.45, 2.75) is 78.1 Å². The first kappa shape index (κ1) is 16.2. The smallest absolute Gasteiger partial charge is 0.307 e. The molecule has 0 fully saturated rings. The molecule has 100 valence electrons. The summed E-state index contributed by atoms with van der Waals surface area (Å²) in [6.07, 6.45) is 12.6. The second-order valence-electron chi connectivity index (χ2n) is 4.71. The van der Waals surface area contributed by atoms with Crippen LogP contribution in [-0.4, -0.2) is 5.97 Å². The fourth-order valence-corrected chi connectivity index (χ4v) is 1.89. The number of allylic oxidation sites excluding steroid dienone is 1. The van der Waals surface area contributed by atoms with Crippen LogP contribution in [0.4, 0.5) is 0 Å². The molecule has 0 unspecified atom stereocenters. The number of rotatable bonds is 11. The van der Waals surface area contributed by atoms with Crippen LogP contribution in [0, 0.1) is 0 Å². The van der Waals surface area contributed by atoms with E-state index in [-0.39, 0.29) is 5.97 Å². The Morgan fingerprint density at radius 2 is 1.41 bits per heavy atom. The van der Waals surface area contributed by atoms with E-state index in [1.165, 1.54) is 58.3 Å². The van der Waals surface area contributed by atoms with Gasteiger partial charge in [0.15, 0.2) is 0 Å². The number of hydrogen-bond donors (Lipinski definition) is 0. The summed E-state index contributed by atoms with van der Waals surface area (Å²) in [6, 6.07) is 0. The number of ether oxygens (including phenoxy) is 1. The van der Waals surface area contributed by atoms with Crippen LogP contribution in [0.25, 0.3) is 0 Å². The zero-order valence-corrected chi connectivity index (χ0v) is 11.6. The summed E-state index contributed by atoms with van der Waals surface area (Å²) in [5, 5.41) is 0. The molecule has 0 spiro atoms. The molecule has 0 amide bonds. The lowest BCUT2D eigenvalue weighted by atomic mass is 10.1. The average Bonchev–Trinajstić information content (AvgIpc) is 2.26. The van der Waals surface area contributed by atoms with Gasteiger partial charge in [-0.25, -0.2) is 0 Å². The van der Waals surface area contributed by atoms with Crippen LogP contribution in [-0.2, 0) is 9.53 Å². The van der Waals surface area contributed by atoms with Gasteiger partial charge in [0.2, 0.25) is 0 Å². The maximum absolute atomic E-state index is 10.6. The number of hydrogen-bond acceptors (Lipinski definition) is 2. The topological polar surface area (TPSA) is 26.3 Å². The van der Waals surface area contributed by atoms with Crippen molar-refractivity contribution in [3.8, 4) is 0 Å². The Hall–Kier alpha value is -0.790. The van der Waals surface area contributed by atoms with Gasteiger partial charge in [-0.2, -0.15) is 0 Å². The molecule has 2 nitrogen and oxygen atoms in total. The molecule has 0 aliphatic rings. The van der Waals surface area contributed by atoms with Crippen molar-refractivity contribution < 1.29 is 9.53 Å². The lowest BCUT2D eigenvalue weighted by molar-refractivity contribution is -0.137. The maximum Gasteiger partial charge on any atom is 0.307 e. The number of unbranched alkanes of at least 4 members (excludes halogenated alkanes) is 8. The van der Waals surface area contributed by atoms with Gasteiger partial charge in [0.05, 0.1) is 0 Å². The molecular formula is C15H28O2. The van der Waals surface area contributed by atoms with Crippen LogP contribution >= 0.6 is 0 Å². The minimum absolute atomic E-state index is 0.258. The Labute approximate surface area is 106 Å². The predicted octanol–water partition coefficient (Wildman–Crippen LogP) is 4.98. The Morgan fingerprint density at radius 3 is 1.88 bits per heavy atom. The average molecular weight is 240 g/mol. The van der Waals surface area contributed by atoms with Crippen molar-refractivity contribution in [2.24, 2.45) is 0 Å². The van der Waals surface area contributed by atoms with E-state index >= 15 is 0 Å². The highest BCUT2D eigenvalue weighted by atomic mass is 16.5. The normalized spacial score (nSPS) is 10.2. The molecule has 0 aliphatic carbocycles. The molecule has 0 radical (unpaired) electrons. The van der Waals surface area contributed by atoms with Crippen molar-refractivity contribution in [2.75, 3.05) is 0 Å². The van der Waals surface area contributed by atoms with Gasteiger partial charge in [0, 0.05) is 13.3 Å². The van der Waals surface area contributed by atoms with Crippen molar-refractivity contribution in [1.29, 1.82) is 0 Å². The number of esters is 1. The molecule has 0 saturated carbocycles. The Balaban J connectivity index is 3.13. The Morgan fingerprint density at radius 1 is 0.941 bits per heavy atom. The Bertz CT molecular complexity index is 209. The van der Waals surface area contributed by atoms with Crippen molar-refractivity contribution >= 4 is 5.97 Å². The van der Waals surface area contributed by atoms with E-state index in [2.05, 4.69) is 13.5 Å². The first-order valence-corrected chi connectivity index (χ1v) is 7.03. The quantitative estimate of drug-likeness (QED) is 0.289. The lowest BCUT2D eigenvalue weighted by Gasteiger charge is -2.05. The highest BCUT2D eigenvalue weighted by Crippen LogP contribution is 2.13. The van der Waals surface area contributed by atoms with E-state index in [9.17, 15) is 4.79 Å². The molecule has 0 aromatic carbocycles.